The lowest BCUT2D eigenvalue weighted by Gasteiger charge is -2.33. The van der Waals surface area contributed by atoms with E-state index in [4.69, 9.17) is 23.2 Å². The molecule has 1 fully saturated rings. The van der Waals surface area contributed by atoms with E-state index in [9.17, 15) is 9.59 Å². The largest absolute Gasteiger partial charge is 0.341 e. The van der Waals surface area contributed by atoms with Crippen LogP contribution in [0.15, 0.2) is 48.5 Å². The molecule has 4 nitrogen and oxygen atoms in total. The number of hydrogen-bond donors (Lipinski definition) is 0. The first-order chi connectivity index (χ1) is 13.0. The van der Waals surface area contributed by atoms with E-state index in [1.807, 2.05) is 37.4 Å². The van der Waals surface area contributed by atoms with Crippen LogP contribution in [-0.2, 0) is 11.3 Å². The summed E-state index contributed by atoms with van der Waals surface area (Å²) < 4.78 is 0. The van der Waals surface area contributed by atoms with Crippen LogP contribution in [0.25, 0.3) is 0 Å². The van der Waals surface area contributed by atoms with E-state index in [0.717, 1.165) is 5.56 Å². The maximum absolute atomic E-state index is 12.7. The topological polar surface area (TPSA) is 40.6 Å². The molecule has 1 aliphatic heterocycles. The van der Waals surface area contributed by atoms with Gasteiger partial charge in [0.1, 0.15) is 0 Å². The van der Waals surface area contributed by atoms with Gasteiger partial charge in [-0.1, -0.05) is 53.5 Å². The molecule has 2 aromatic carbocycles. The Kier molecular flexibility index (Phi) is 6.40. The van der Waals surface area contributed by atoms with Gasteiger partial charge in [0.25, 0.3) is 5.91 Å². The van der Waals surface area contributed by atoms with Gasteiger partial charge < -0.3 is 9.80 Å². The Balaban J connectivity index is 1.56. The molecule has 142 valence electrons. The molecule has 2 aromatic rings. The van der Waals surface area contributed by atoms with E-state index in [1.165, 1.54) is 0 Å². The van der Waals surface area contributed by atoms with Crippen molar-refractivity contribution < 1.29 is 9.59 Å². The van der Waals surface area contributed by atoms with E-state index < -0.39 is 0 Å². The van der Waals surface area contributed by atoms with Gasteiger partial charge in [0.05, 0.1) is 10.6 Å². The summed E-state index contributed by atoms with van der Waals surface area (Å²) in [6.45, 7) is 1.69. The van der Waals surface area contributed by atoms with Crippen molar-refractivity contribution in [2.75, 3.05) is 20.1 Å². The smallest absolute Gasteiger partial charge is 0.255 e. The zero-order valence-electron chi connectivity index (χ0n) is 15.2. The van der Waals surface area contributed by atoms with Crippen molar-refractivity contribution in [3.05, 3.63) is 69.7 Å². The summed E-state index contributed by atoms with van der Waals surface area (Å²) in [5.41, 5.74) is 1.56. The fraction of sp³-hybridized carbons (Fsp3) is 0.333. The SMILES string of the molecule is CN(Cc1ccccc1)C(=O)C1CCN(C(=O)c2ccc(Cl)cc2Cl)CC1. The lowest BCUT2D eigenvalue weighted by atomic mass is 9.94. The molecule has 6 heteroatoms. The maximum Gasteiger partial charge on any atom is 0.255 e. The predicted molar refractivity (Wildman–Crippen MR) is 108 cm³/mol. The second-order valence-electron chi connectivity index (χ2n) is 6.87. The fourth-order valence-corrected chi connectivity index (χ4v) is 3.90. The van der Waals surface area contributed by atoms with Crippen LogP contribution in [0.5, 0.6) is 0 Å². The second kappa shape index (κ2) is 8.77. The van der Waals surface area contributed by atoms with E-state index in [1.54, 1.807) is 28.0 Å². The Morgan fingerprint density at radius 1 is 1.07 bits per heavy atom. The molecule has 0 aromatic heterocycles. The average Bonchev–Trinajstić information content (AvgIpc) is 2.68. The summed E-state index contributed by atoms with van der Waals surface area (Å²) in [7, 11) is 1.83. The minimum Gasteiger partial charge on any atom is -0.341 e. The van der Waals surface area contributed by atoms with Crippen molar-refractivity contribution in [2.24, 2.45) is 5.92 Å². The third kappa shape index (κ3) is 4.82. The Morgan fingerprint density at radius 2 is 1.74 bits per heavy atom. The Bertz CT molecular complexity index is 818. The monoisotopic (exact) mass is 404 g/mol. The van der Waals surface area contributed by atoms with Crippen LogP contribution >= 0.6 is 23.2 Å². The highest BCUT2D eigenvalue weighted by molar-refractivity contribution is 6.36. The molecular weight excluding hydrogens is 383 g/mol. The molecular formula is C21H22Cl2N2O2. The number of carbonyl (C=O) groups is 2. The Labute approximate surface area is 169 Å². The molecule has 3 rings (SSSR count). The van der Waals surface area contributed by atoms with Crippen LogP contribution in [0, 0.1) is 5.92 Å². The van der Waals surface area contributed by atoms with Crippen LogP contribution in [0.3, 0.4) is 0 Å². The van der Waals surface area contributed by atoms with Crippen LogP contribution in [0.2, 0.25) is 10.0 Å². The van der Waals surface area contributed by atoms with Crippen LogP contribution in [-0.4, -0.2) is 41.8 Å². The normalized spacial score (nSPS) is 14.9. The summed E-state index contributed by atoms with van der Waals surface area (Å²) >= 11 is 12.0. The first kappa shape index (κ1) is 19.7. The van der Waals surface area contributed by atoms with Crippen molar-refractivity contribution in [3.8, 4) is 0 Å². The first-order valence-electron chi connectivity index (χ1n) is 8.99. The van der Waals surface area contributed by atoms with Gasteiger partial charge in [-0.05, 0) is 36.6 Å². The van der Waals surface area contributed by atoms with Gasteiger partial charge in [0.15, 0.2) is 0 Å². The molecule has 0 unspecified atom stereocenters. The quantitative estimate of drug-likeness (QED) is 0.752. The fourth-order valence-electron chi connectivity index (χ4n) is 3.41. The molecule has 1 saturated heterocycles. The summed E-state index contributed by atoms with van der Waals surface area (Å²) in [6, 6.07) is 14.8. The van der Waals surface area contributed by atoms with Gasteiger partial charge in [-0.3, -0.25) is 9.59 Å². The van der Waals surface area contributed by atoms with Crippen molar-refractivity contribution >= 4 is 35.0 Å². The molecule has 0 spiro atoms. The predicted octanol–water partition coefficient (Wildman–Crippen LogP) is 4.50. The average molecular weight is 405 g/mol. The molecule has 0 atom stereocenters. The lowest BCUT2D eigenvalue weighted by Crippen LogP contribution is -2.43. The van der Waals surface area contributed by atoms with Crippen LogP contribution in [0.1, 0.15) is 28.8 Å². The van der Waals surface area contributed by atoms with Crippen molar-refractivity contribution in [1.29, 1.82) is 0 Å². The van der Waals surface area contributed by atoms with Crippen LogP contribution < -0.4 is 0 Å². The highest BCUT2D eigenvalue weighted by Crippen LogP contribution is 2.26. The molecule has 1 aliphatic rings. The van der Waals surface area contributed by atoms with E-state index >= 15 is 0 Å². The number of halogens is 2. The van der Waals surface area contributed by atoms with Gasteiger partial charge in [-0.15, -0.1) is 0 Å². The van der Waals surface area contributed by atoms with E-state index in [2.05, 4.69) is 0 Å². The number of likely N-dealkylation sites (tertiary alicyclic amines) is 1. The number of hydrogen-bond acceptors (Lipinski definition) is 2. The number of benzene rings is 2. The minimum absolute atomic E-state index is 0.0524. The molecule has 0 radical (unpaired) electrons. The molecule has 27 heavy (non-hydrogen) atoms. The van der Waals surface area contributed by atoms with Gasteiger partial charge in [-0.2, -0.15) is 0 Å². The number of piperidine rings is 1. The molecule has 0 saturated carbocycles. The van der Waals surface area contributed by atoms with Crippen molar-refractivity contribution in [1.82, 2.24) is 9.80 Å². The van der Waals surface area contributed by atoms with Crippen LogP contribution in [0.4, 0.5) is 0 Å². The molecule has 1 heterocycles. The minimum atomic E-state index is -0.111. The summed E-state index contributed by atoms with van der Waals surface area (Å²) in [6.07, 6.45) is 1.32. The molecule has 0 aliphatic carbocycles. The van der Waals surface area contributed by atoms with Crippen molar-refractivity contribution in [2.45, 2.75) is 19.4 Å². The number of carbonyl (C=O) groups excluding carboxylic acids is 2. The summed E-state index contributed by atoms with van der Waals surface area (Å²) in [5.74, 6) is -0.0286. The Morgan fingerprint density at radius 3 is 2.37 bits per heavy atom. The third-order valence-corrected chi connectivity index (χ3v) is 5.48. The standard InChI is InChI=1S/C21H22Cl2N2O2/c1-24(14-15-5-3-2-4-6-15)20(26)16-9-11-25(12-10-16)21(27)18-8-7-17(22)13-19(18)23/h2-8,13,16H,9-12,14H2,1H3. The second-order valence-corrected chi connectivity index (χ2v) is 7.71. The van der Waals surface area contributed by atoms with Gasteiger partial charge >= 0.3 is 0 Å². The summed E-state index contributed by atoms with van der Waals surface area (Å²) in [4.78, 5) is 28.9. The highest BCUT2D eigenvalue weighted by Gasteiger charge is 2.30. The zero-order chi connectivity index (χ0) is 19.4. The number of nitrogens with zero attached hydrogens (tertiary/aromatic N) is 2. The van der Waals surface area contributed by atoms with Gasteiger partial charge in [-0.25, -0.2) is 0 Å². The highest BCUT2D eigenvalue weighted by atomic mass is 35.5. The lowest BCUT2D eigenvalue weighted by molar-refractivity contribution is -0.136. The van der Waals surface area contributed by atoms with Gasteiger partial charge in [0, 0.05) is 37.6 Å². The molecule has 2 amide bonds. The van der Waals surface area contributed by atoms with E-state index in [0.29, 0.717) is 48.1 Å². The van der Waals surface area contributed by atoms with Gasteiger partial charge in [0.2, 0.25) is 5.91 Å². The van der Waals surface area contributed by atoms with E-state index in [-0.39, 0.29) is 17.7 Å². The molecule has 0 N–H and O–H groups in total. The Hall–Kier alpha value is -2.04. The molecule has 0 bridgehead atoms. The maximum atomic E-state index is 12.7. The zero-order valence-corrected chi connectivity index (χ0v) is 16.7. The number of rotatable bonds is 4. The number of amides is 2. The van der Waals surface area contributed by atoms with Crippen molar-refractivity contribution in [3.63, 3.8) is 0 Å². The third-order valence-electron chi connectivity index (χ3n) is 4.93. The summed E-state index contributed by atoms with van der Waals surface area (Å²) in [5, 5.41) is 0.857. The first-order valence-corrected chi connectivity index (χ1v) is 9.74.